The summed E-state index contributed by atoms with van der Waals surface area (Å²) >= 11 is 7.00. The predicted octanol–water partition coefficient (Wildman–Crippen LogP) is 4.54. The Labute approximate surface area is 131 Å². The van der Waals surface area contributed by atoms with Crippen LogP contribution >= 0.6 is 31.9 Å². The van der Waals surface area contributed by atoms with Crippen molar-refractivity contribution < 1.29 is 4.79 Å². The van der Waals surface area contributed by atoms with Gasteiger partial charge in [0.05, 0.1) is 0 Å². The average molecular weight is 389 g/mol. The number of hydrogen-bond acceptors (Lipinski definition) is 1. The summed E-state index contributed by atoms with van der Waals surface area (Å²) in [5.41, 5.74) is 1.95. The minimum Gasteiger partial charge on any atom is -0.336 e. The fraction of sp³-hybridized carbons (Fsp3) is 0.533. The second kappa shape index (κ2) is 6.89. The van der Waals surface area contributed by atoms with E-state index in [1.165, 1.54) is 6.42 Å². The highest BCUT2D eigenvalue weighted by atomic mass is 79.9. The van der Waals surface area contributed by atoms with Crippen molar-refractivity contribution in [2.24, 2.45) is 0 Å². The summed E-state index contributed by atoms with van der Waals surface area (Å²) < 4.78 is 1.01. The van der Waals surface area contributed by atoms with Gasteiger partial charge in [-0.1, -0.05) is 37.9 Å². The van der Waals surface area contributed by atoms with Crippen LogP contribution in [0.2, 0.25) is 0 Å². The van der Waals surface area contributed by atoms with Crippen molar-refractivity contribution in [1.82, 2.24) is 4.90 Å². The Kier molecular flexibility index (Phi) is 5.46. The molecule has 19 heavy (non-hydrogen) atoms. The molecule has 1 saturated heterocycles. The summed E-state index contributed by atoms with van der Waals surface area (Å²) in [6.07, 6.45) is 4.53. The van der Waals surface area contributed by atoms with Gasteiger partial charge in [-0.2, -0.15) is 0 Å². The Morgan fingerprint density at radius 3 is 2.89 bits per heavy atom. The molecule has 0 aliphatic carbocycles. The number of likely N-dealkylation sites (tertiary alicyclic amines) is 1. The van der Waals surface area contributed by atoms with Gasteiger partial charge in [-0.3, -0.25) is 4.79 Å². The minimum atomic E-state index is 0.173. The van der Waals surface area contributed by atoms with E-state index in [0.29, 0.717) is 6.04 Å². The van der Waals surface area contributed by atoms with Gasteiger partial charge in [0.1, 0.15) is 0 Å². The number of carbonyl (C=O) groups excluding carboxylic acids is 1. The van der Waals surface area contributed by atoms with Crippen molar-refractivity contribution in [3.05, 3.63) is 33.8 Å². The third-order valence-electron chi connectivity index (χ3n) is 3.75. The third-order valence-corrected chi connectivity index (χ3v) is 5.06. The number of halogens is 2. The van der Waals surface area contributed by atoms with Crippen molar-refractivity contribution >= 4 is 37.8 Å². The van der Waals surface area contributed by atoms with E-state index in [9.17, 15) is 4.79 Å². The molecule has 1 unspecified atom stereocenters. The van der Waals surface area contributed by atoms with Crippen LogP contribution in [-0.2, 0) is 0 Å². The zero-order chi connectivity index (χ0) is 13.8. The van der Waals surface area contributed by atoms with Crippen LogP contribution in [0.4, 0.5) is 0 Å². The standard InChI is InChI=1S/C15H19Br2NO/c1-11-5-6-12(10-14(11)17)15(19)18-9-3-2-4-13(18)7-8-16/h5-6,10,13H,2-4,7-9H2,1H3. The summed E-state index contributed by atoms with van der Waals surface area (Å²) in [5.74, 6) is 0.173. The Hall–Kier alpha value is -0.350. The van der Waals surface area contributed by atoms with Crippen molar-refractivity contribution in [3.63, 3.8) is 0 Å². The second-order valence-corrected chi connectivity index (χ2v) is 6.74. The summed E-state index contributed by atoms with van der Waals surface area (Å²) in [6.45, 7) is 2.93. The molecule has 0 N–H and O–H groups in total. The van der Waals surface area contributed by atoms with E-state index in [2.05, 4.69) is 36.8 Å². The molecule has 2 rings (SSSR count). The van der Waals surface area contributed by atoms with E-state index in [1.54, 1.807) is 0 Å². The van der Waals surface area contributed by atoms with Crippen LogP contribution in [0, 0.1) is 6.92 Å². The number of alkyl halides is 1. The SMILES string of the molecule is Cc1ccc(C(=O)N2CCCCC2CCBr)cc1Br. The molecule has 1 aliphatic heterocycles. The van der Waals surface area contributed by atoms with E-state index >= 15 is 0 Å². The molecule has 104 valence electrons. The lowest BCUT2D eigenvalue weighted by molar-refractivity contribution is 0.0610. The van der Waals surface area contributed by atoms with Crippen LogP contribution in [0.1, 0.15) is 41.6 Å². The molecule has 1 fully saturated rings. The lowest BCUT2D eigenvalue weighted by atomic mass is 9.98. The largest absolute Gasteiger partial charge is 0.336 e. The molecule has 1 amide bonds. The number of amides is 1. The molecular weight excluding hydrogens is 370 g/mol. The number of benzene rings is 1. The molecule has 2 nitrogen and oxygen atoms in total. The molecule has 1 heterocycles. The van der Waals surface area contributed by atoms with Crippen molar-refractivity contribution in [3.8, 4) is 0 Å². The normalized spacial score (nSPS) is 19.5. The monoisotopic (exact) mass is 387 g/mol. The summed E-state index contributed by atoms with van der Waals surface area (Å²) in [4.78, 5) is 14.7. The molecule has 0 aromatic heterocycles. The lowest BCUT2D eigenvalue weighted by Crippen LogP contribution is -2.43. The van der Waals surface area contributed by atoms with Crippen molar-refractivity contribution in [1.29, 1.82) is 0 Å². The first-order valence-electron chi connectivity index (χ1n) is 6.76. The summed E-state index contributed by atoms with van der Waals surface area (Å²) in [6, 6.07) is 6.26. The zero-order valence-corrected chi connectivity index (χ0v) is 14.3. The van der Waals surface area contributed by atoms with Crippen LogP contribution < -0.4 is 0 Å². The Balaban J connectivity index is 2.18. The Morgan fingerprint density at radius 1 is 1.42 bits per heavy atom. The average Bonchev–Trinajstić information content (AvgIpc) is 2.42. The first-order valence-corrected chi connectivity index (χ1v) is 8.68. The molecule has 0 radical (unpaired) electrons. The number of carbonyl (C=O) groups is 1. The van der Waals surface area contributed by atoms with E-state index in [0.717, 1.165) is 46.7 Å². The van der Waals surface area contributed by atoms with Gasteiger partial charge in [0.15, 0.2) is 0 Å². The van der Waals surface area contributed by atoms with Crippen LogP contribution in [-0.4, -0.2) is 28.7 Å². The van der Waals surface area contributed by atoms with E-state index in [4.69, 9.17) is 0 Å². The first kappa shape index (κ1) is 15.0. The fourth-order valence-corrected chi connectivity index (χ4v) is 3.49. The van der Waals surface area contributed by atoms with Crippen LogP contribution in [0.5, 0.6) is 0 Å². The van der Waals surface area contributed by atoms with Gasteiger partial charge in [-0.25, -0.2) is 0 Å². The van der Waals surface area contributed by atoms with Gasteiger partial charge in [0.2, 0.25) is 0 Å². The topological polar surface area (TPSA) is 20.3 Å². The zero-order valence-electron chi connectivity index (χ0n) is 11.2. The summed E-state index contributed by atoms with van der Waals surface area (Å²) in [5, 5.41) is 0.957. The Morgan fingerprint density at radius 2 is 2.21 bits per heavy atom. The molecule has 1 aromatic rings. The maximum atomic E-state index is 12.6. The number of aryl methyl sites for hydroxylation is 1. The molecule has 4 heteroatoms. The van der Waals surface area contributed by atoms with Gasteiger partial charge >= 0.3 is 0 Å². The molecule has 1 aromatic carbocycles. The molecule has 0 bridgehead atoms. The highest BCUT2D eigenvalue weighted by molar-refractivity contribution is 9.10. The van der Waals surface area contributed by atoms with Crippen molar-refractivity contribution in [2.75, 3.05) is 11.9 Å². The van der Waals surface area contributed by atoms with Gasteiger partial charge in [-0.05, 0) is 50.3 Å². The van der Waals surface area contributed by atoms with E-state index in [1.807, 2.05) is 25.1 Å². The van der Waals surface area contributed by atoms with E-state index < -0.39 is 0 Å². The first-order chi connectivity index (χ1) is 9.13. The minimum absolute atomic E-state index is 0.173. The molecular formula is C15H19Br2NO. The maximum Gasteiger partial charge on any atom is 0.254 e. The highest BCUT2D eigenvalue weighted by Gasteiger charge is 2.26. The van der Waals surface area contributed by atoms with Crippen LogP contribution in [0.3, 0.4) is 0 Å². The highest BCUT2D eigenvalue weighted by Crippen LogP contribution is 2.24. The molecule has 0 saturated carbocycles. The quantitative estimate of drug-likeness (QED) is 0.696. The van der Waals surface area contributed by atoms with Gasteiger partial charge in [-0.15, -0.1) is 0 Å². The van der Waals surface area contributed by atoms with E-state index in [-0.39, 0.29) is 5.91 Å². The fourth-order valence-electron chi connectivity index (χ4n) is 2.59. The maximum absolute atomic E-state index is 12.6. The van der Waals surface area contributed by atoms with Crippen LogP contribution in [0.15, 0.2) is 22.7 Å². The number of piperidine rings is 1. The molecule has 1 atom stereocenters. The number of hydrogen-bond donors (Lipinski definition) is 0. The van der Waals surface area contributed by atoms with Crippen molar-refractivity contribution in [2.45, 2.75) is 38.6 Å². The van der Waals surface area contributed by atoms with Gasteiger partial charge < -0.3 is 4.90 Å². The third kappa shape index (κ3) is 3.60. The lowest BCUT2D eigenvalue weighted by Gasteiger charge is -2.35. The number of rotatable bonds is 3. The van der Waals surface area contributed by atoms with Gasteiger partial charge in [0, 0.05) is 28.0 Å². The molecule has 1 aliphatic rings. The second-order valence-electron chi connectivity index (χ2n) is 5.09. The Bertz CT molecular complexity index is 459. The smallest absolute Gasteiger partial charge is 0.254 e. The summed E-state index contributed by atoms with van der Waals surface area (Å²) in [7, 11) is 0. The van der Waals surface area contributed by atoms with Crippen LogP contribution in [0.25, 0.3) is 0 Å². The number of nitrogens with zero attached hydrogens (tertiary/aromatic N) is 1. The molecule has 0 spiro atoms. The van der Waals surface area contributed by atoms with Gasteiger partial charge in [0.25, 0.3) is 5.91 Å². The predicted molar refractivity (Wildman–Crippen MR) is 86.0 cm³/mol.